The smallest absolute Gasteiger partial charge is 0.270 e. The van der Waals surface area contributed by atoms with E-state index in [2.05, 4.69) is 35.7 Å². The molecule has 12 nitrogen and oxygen atoms in total. The predicted octanol–water partition coefficient (Wildman–Crippen LogP) is 0.585. The molecule has 0 bridgehead atoms. The Hall–Kier alpha value is -4.06. The van der Waals surface area contributed by atoms with Crippen molar-refractivity contribution in [2.24, 2.45) is 0 Å². The Morgan fingerprint density at radius 2 is 1.03 bits per heavy atom. The van der Waals surface area contributed by atoms with Crippen LogP contribution in [0.4, 0.5) is 0 Å². The van der Waals surface area contributed by atoms with Gasteiger partial charge in [-0.1, -0.05) is 19.7 Å². The van der Waals surface area contributed by atoms with Crippen LogP contribution in [0.25, 0.3) is 0 Å². The second-order valence-electron chi connectivity index (χ2n) is 8.27. The molecule has 0 heterocycles. The van der Waals surface area contributed by atoms with Crippen LogP contribution in [0.5, 0.6) is 0 Å². The molecule has 1 aliphatic carbocycles. The molecule has 0 fully saturated rings. The first-order valence-corrected chi connectivity index (χ1v) is 12.7. The maximum absolute atomic E-state index is 13.1. The first-order chi connectivity index (χ1) is 18.8. The van der Waals surface area contributed by atoms with Crippen molar-refractivity contribution in [1.82, 2.24) is 16.0 Å². The van der Waals surface area contributed by atoms with Gasteiger partial charge in [0.25, 0.3) is 5.78 Å². The van der Waals surface area contributed by atoms with Crippen LogP contribution in [0.3, 0.4) is 0 Å². The van der Waals surface area contributed by atoms with Gasteiger partial charge in [-0.3, -0.25) is 28.8 Å². The maximum Gasteiger partial charge on any atom is 0.270 e. The molecule has 0 saturated heterocycles. The fourth-order valence-corrected chi connectivity index (χ4v) is 3.19. The highest BCUT2D eigenvalue weighted by Crippen LogP contribution is 2.23. The second kappa shape index (κ2) is 19.1. The van der Waals surface area contributed by atoms with Crippen molar-refractivity contribution in [1.29, 1.82) is 0 Å². The third kappa shape index (κ3) is 12.4. The van der Waals surface area contributed by atoms with Crippen molar-refractivity contribution in [3.05, 3.63) is 49.5 Å². The largest absolute Gasteiger partial charge is 0.486 e. The van der Waals surface area contributed by atoms with E-state index >= 15 is 0 Å². The monoisotopic (exact) mass is 547 g/mol. The van der Waals surface area contributed by atoms with E-state index in [1.807, 2.05) is 0 Å². The number of carbonyl (C=O) groups is 6. The topological polar surface area (TPSA) is 166 Å². The van der Waals surface area contributed by atoms with E-state index in [1.165, 1.54) is 0 Å². The molecule has 0 spiro atoms. The lowest BCUT2D eigenvalue weighted by Crippen LogP contribution is -2.45. The number of unbranched alkanes of at least 4 members (excludes halogenated alkanes) is 3. The van der Waals surface area contributed by atoms with Crippen LogP contribution in [0, 0.1) is 0 Å². The molecule has 12 heteroatoms. The summed E-state index contributed by atoms with van der Waals surface area (Å²) in [5, 5.41) is 7.82. The van der Waals surface area contributed by atoms with Gasteiger partial charge in [0.2, 0.25) is 40.8 Å². The van der Waals surface area contributed by atoms with E-state index in [-0.39, 0.29) is 43.3 Å². The molecule has 214 valence electrons. The third-order valence-electron chi connectivity index (χ3n) is 5.28. The zero-order valence-corrected chi connectivity index (χ0v) is 22.1. The lowest BCUT2D eigenvalue weighted by molar-refractivity contribution is -0.152. The average Bonchev–Trinajstić information content (AvgIpc) is 2.94. The van der Waals surface area contributed by atoms with Crippen molar-refractivity contribution >= 4 is 35.1 Å². The Balaban J connectivity index is 2.76. The molecule has 3 amide bonds. The SMILES string of the molecule is C=CC(=O)NCCCCOC1=C(OCCCCNC(=O)C=C)C(=O)C(OCCCCNC(=O)C=C)C(=O)C1=O. The number of hydrogen-bond donors (Lipinski definition) is 3. The van der Waals surface area contributed by atoms with E-state index in [0.29, 0.717) is 58.2 Å². The summed E-state index contributed by atoms with van der Waals surface area (Å²) in [5.74, 6) is -4.67. The molecule has 1 atom stereocenters. The van der Waals surface area contributed by atoms with Crippen molar-refractivity contribution in [2.45, 2.75) is 44.6 Å². The molecule has 1 aliphatic rings. The molecule has 0 aromatic carbocycles. The molecule has 1 rings (SSSR count). The lowest BCUT2D eigenvalue weighted by Gasteiger charge is -2.24. The minimum atomic E-state index is -1.65. The summed E-state index contributed by atoms with van der Waals surface area (Å²) in [5.41, 5.74) is 0. The van der Waals surface area contributed by atoms with Crippen LogP contribution in [0.15, 0.2) is 49.5 Å². The highest BCUT2D eigenvalue weighted by Gasteiger charge is 2.45. The third-order valence-corrected chi connectivity index (χ3v) is 5.28. The molecule has 0 aromatic rings. The fraction of sp³-hybridized carbons (Fsp3) is 0.481. The Labute approximate surface area is 227 Å². The minimum Gasteiger partial charge on any atom is -0.486 e. The normalized spacial score (nSPS) is 14.9. The molecular formula is C27H37N3O9. The van der Waals surface area contributed by atoms with E-state index < -0.39 is 29.2 Å². The number of ketones is 3. The number of hydrogen-bond acceptors (Lipinski definition) is 9. The van der Waals surface area contributed by atoms with Crippen LogP contribution in [0.2, 0.25) is 0 Å². The van der Waals surface area contributed by atoms with E-state index in [4.69, 9.17) is 14.2 Å². The first kappa shape index (κ1) is 33.0. The van der Waals surface area contributed by atoms with Crippen molar-refractivity contribution < 1.29 is 43.0 Å². The van der Waals surface area contributed by atoms with E-state index in [1.54, 1.807) is 0 Å². The van der Waals surface area contributed by atoms with Gasteiger partial charge >= 0.3 is 0 Å². The molecule has 0 aromatic heterocycles. The van der Waals surface area contributed by atoms with Gasteiger partial charge in [-0.25, -0.2) is 0 Å². The van der Waals surface area contributed by atoms with Gasteiger partial charge < -0.3 is 30.2 Å². The summed E-state index contributed by atoms with van der Waals surface area (Å²) >= 11 is 0. The quantitative estimate of drug-likeness (QED) is 0.0806. The summed E-state index contributed by atoms with van der Waals surface area (Å²) in [7, 11) is 0. The number of amides is 3. The predicted molar refractivity (Wildman–Crippen MR) is 141 cm³/mol. The molecular weight excluding hydrogens is 510 g/mol. The van der Waals surface area contributed by atoms with Crippen LogP contribution in [-0.4, -0.2) is 80.6 Å². The van der Waals surface area contributed by atoms with Crippen molar-refractivity contribution in [3.63, 3.8) is 0 Å². The number of allylic oxidation sites excluding steroid dienone is 1. The van der Waals surface area contributed by atoms with Gasteiger partial charge in [0.1, 0.15) is 0 Å². The number of Topliss-reactive ketones (excluding diaryl/α,β-unsaturated/α-hetero) is 3. The summed E-state index contributed by atoms with van der Waals surface area (Å²) in [6, 6.07) is 0. The Bertz CT molecular complexity index is 972. The van der Waals surface area contributed by atoms with E-state index in [9.17, 15) is 28.8 Å². The number of ether oxygens (including phenoxy) is 3. The highest BCUT2D eigenvalue weighted by molar-refractivity contribution is 6.51. The van der Waals surface area contributed by atoms with E-state index in [0.717, 1.165) is 18.2 Å². The number of rotatable bonds is 21. The zero-order chi connectivity index (χ0) is 29.0. The standard InChI is InChI=1S/C27H37N3O9/c1-4-19(31)28-13-7-10-16-37-25-22(34)23(35)26(38-17-11-8-14-29-20(32)5-2)27(24(25)36)39-18-12-9-15-30-21(33)6-3/h4-6,25H,1-3,7-18H2,(H,28,31)(H,29,32)(H,30,33). The second-order valence-corrected chi connectivity index (χ2v) is 8.27. The molecule has 0 saturated carbocycles. The highest BCUT2D eigenvalue weighted by atomic mass is 16.5. The Morgan fingerprint density at radius 3 is 1.46 bits per heavy atom. The van der Waals surface area contributed by atoms with Crippen LogP contribution >= 0.6 is 0 Å². The van der Waals surface area contributed by atoms with Crippen molar-refractivity contribution in [2.75, 3.05) is 39.5 Å². The Kier molecular flexibility index (Phi) is 16.1. The molecule has 3 N–H and O–H groups in total. The van der Waals surface area contributed by atoms with Gasteiger partial charge in [-0.2, -0.15) is 0 Å². The maximum atomic E-state index is 13.1. The number of nitrogens with one attached hydrogen (secondary N) is 3. The van der Waals surface area contributed by atoms with Gasteiger partial charge in [0, 0.05) is 26.2 Å². The molecule has 0 radical (unpaired) electrons. The van der Waals surface area contributed by atoms with Crippen LogP contribution in [0.1, 0.15) is 38.5 Å². The average molecular weight is 548 g/mol. The van der Waals surface area contributed by atoms with Gasteiger partial charge in [-0.05, 0) is 56.8 Å². The lowest BCUT2D eigenvalue weighted by atomic mass is 9.96. The fourth-order valence-electron chi connectivity index (χ4n) is 3.19. The number of carbonyl (C=O) groups excluding carboxylic acids is 6. The van der Waals surface area contributed by atoms with Crippen molar-refractivity contribution in [3.8, 4) is 0 Å². The van der Waals surface area contributed by atoms with Gasteiger partial charge in [0.15, 0.2) is 6.10 Å². The van der Waals surface area contributed by atoms with Crippen LogP contribution < -0.4 is 16.0 Å². The Morgan fingerprint density at radius 1 is 0.615 bits per heavy atom. The zero-order valence-electron chi connectivity index (χ0n) is 22.1. The first-order valence-electron chi connectivity index (χ1n) is 12.7. The minimum absolute atomic E-state index is 0.00227. The summed E-state index contributed by atoms with van der Waals surface area (Å²) in [6.07, 6.45) is 4.66. The van der Waals surface area contributed by atoms with Crippen LogP contribution in [-0.2, 0) is 43.0 Å². The summed E-state index contributed by atoms with van der Waals surface area (Å²) in [6.45, 7) is 11.2. The molecule has 1 unspecified atom stereocenters. The summed E-state index contributed by atoms with van der Waals surface area (Å²) in [4.78, 5) is 72.1. The summed E-state index contributed by atoms with van der Waals surface area (Å²) < 4.78 is 16.5. The molecule has 0 aliphatic heterocycles. The molecule has 39 heavy (non-hydrogen) atoms. The van der Waals surface area contributed by atoms with Gasteiger partial charge in [-0.15, -0.1) is 0 Å². The van der Waals surface area contributed by atoms with Gasteiger partial charge in [0.05, 0.1) is 13.2 Å².